The first kappa shape index (κ1) is 17.6. The molecule has 2 heterocycles. The largest absolute Gasteiger partial charge is 0.368 e. The van der Waals surface area contributed by atoms with Crippen LogP contribution < -0.4 is 5.73 Å². The van der Waals surface area contributed by atoms with Crippen LogP contribution in [0.1, 0.15) is 17.6 Å². The van der Waals surface area contributed by atoms with Crippen LogP contribution in [0.25, 0.3) is 10.8 Å². The first-order valence-corrected chi connectivity index (χ1v) is 10.1. The molecule has 8 nitrogen and oxygen atoms in total. The van der Waals surface area contributed by atoms with Gasteiger partial charge in [-0.1, -0.05) is 30.3 Å². The maximum atomic E-state index is 13.0. The van der Waals surface area contributed by atoms with Gasteiger partial charge in [0.25, 0.3) is 0 Å². The first-order valence-electron chi connectivity index (χ1n) is 8.65. The minimum Gasteiger partial charge on any atom is -0.368 e. The molecule has 0 unspecified atom stereocenters. The van der Waals surface area contributed by atoms with Crippen molar-refractivity contribution in [1.82, 2.24) is 19.1 Å². The molecule has 0 spiro atoms. The lowest BCUT2D eigenvalue weighted by Gasteiger charge is -2.30. The fraction of sp³-hybridized carbons (Fsp3) is 0.278. The Labute approximate surface area is 156 Å². The lowest BCUT2D eigenvalue weighted by molar-refractivity contribution is 0.0789. The first-order chi connectivity index (χ1) is 13.0. The molecule has 0 amide bonds. The van der Waals surface area contributed by atoms with Crippen LogP contribution in [0.4, 0.5) is 5.95 Å². The number of nitrogens with two attached hydrogens (primary N) is 1. The van der Waals surface area contributed by atoms with Crippen molar-refractivity contribution in [2.24, 2.45) is 5.92 Å². The van der Waals surface area contributed by atoms with E-state index in [0.29, 0.717) is 12.8 Å². The number of aromatic nitrogens is 3. The zero-order valence-corrected chi connectivity index (χ0v) is 15.3. The van der Waals surface area contributed by atoms with E-state index >= 15 is 0 Å². The van der Waals surface area contributed by atoms with Gasteiger partial charge in [0.1, 0.15) is 6.33 Å². The molecule has 2 aromatic carbocycles. The molecule has 9 heteroatoms. The van der Waals surface area contributed by atoms with Gasteiger partial charge in [-0.3, -0.25) is 4.79 Å². The highest BCUT2D eigenvalue weighted by atomic mass is 32.2. The van der Waals surface area contributed by atoms with Gasteiger partial charge in [-0.15, -0.1) is 10.2 Å². The van der Waals surface area contributed by atoms with Crippen LogP contribution in [0, 0.1) is 5.92 Å². The summed E-state index contributed by atoms with van der Waals surface area (Å²) in [7, 11) is -3.60. The summed E-state index contributed by atoms with van der Waals surface area (Å²) in [6.45, 7) is 0.571. The number of benzene rings is 2. The number of carbonyl (C=O) groups is 1. The van der Waals surface area contributed by atoms with Crippen molar-refractivity contribution < 1.29 is 13.2 Å². The van der Waals surface area contributed by atoms with Crippen molar-refractivity contribution in [3.05, 3.63) is 48.8 Å². The van der Waals surface area contributed by atoms with Crippen LogP contribution in [-0.4, -0.2) is 46.5 Å². The maximum absolute atomic E-state index is 13.0. The van der Waals surface area contributed by atoms with E-state index in [1.165, 1.54) is 15.2 Å². The van der Waals surface area contributed by atoms with Crippen LogP contribution >= 0.6 is 0 Å². The van der Waals surface area contributed by atoms with Gasteiger partial charge < -0.3 is 5.73 Å². The topological polar surface area (TPSA) is 111 Å². The minimum absolute atomic E-state index is 0.0474. The Balaban J connectivity index is 1.51. The molecule has 1 aliphatic rings. The smallest absolute Gasteiger partial charge is 0.243 e. The summed E-state index contributed by atoms with van der Waals surface area (Å²) in [4.78, 5) is 12.8. The van der Waals surface area contributed by atoms with Crippen LogP contribution in [0.3, 0.4) is 0 Å². The van der Waals surface area contributed by atoms with Gasteiger partial charge in [-0.2, -0.15) is 4.31 Å². The van der Waals surface area contributed by atoms with Gasteiger partial charge in [-0.25, -0.2) is 13.0 Å². The SMILES string of the molecule is Nc1nncn1C(=O)C1CCN(S(=O)(=O)c2ccc3ccccc3c2)CC1. The molecule has 0 atom stereocenters. The number of anilines is 1. The second-order valence-electron chi connectivity index (χ2n) is 6.58. The number of piperidine rings is 1. The van der Waals surface area contributed by atoms with E-state index in [0.717, 1.165) is 10.8 Å². The number of nitrogens with zero attached hydrogens (tertiary/aromatic N) is 4. The number of hydrogen-bond acceptors (Lipinski definition) is 6. The molecule has 140 valence electrons. The van der Waals surface area contributed by atoms with Crippen LogP contribution in [0.5, 0.6) is 0 Å². The number of nitrogen functional groups attached to an aromatic ring is 1. The molecule has 0 bridgehead atoms. The van der Waals surface area contributed by atoms with Crippen LogP contribution in [0.15, 0.2) is 53.7 Å². The molecule has 1 fully saturated rings. The lowest BCUT2D eigenvalue weighted by Crippen LogP contribution is -2.41. The van der Waals surface area contributed by atoms with Crippen molar-refractivity contribution in [3.8, 4) is 0 Å². The Morgan fingerprint density at radius 2 is 1.78 bits per heavy atom. The summed E-state index contributed by atoms with van der Waals surface area (Å²) in [5, 5.41) is 9.11. The minimum atomic E-state index is -3.60. The molecule has 27 heavy (non-hydrogen) atoms. The van der Waals surface area contributed by atoms with Crippen molar-refractivity contribution in [3.63, 3.8) is 0 Å². The van der Waals surface area contributed by atoms with E-state index in [-0.39, 0.29) is 35.8 Å². The molecule has 1 saturated heterocycles. The Morgan fingerprint density at radius 3 is 2.44 bits per heavy atom. The third kappa shape index (κ3) is 3.19. The molecule has 1 aliphatic heterocycles. The fourth-order valence-electron chi connectivity index (χ4n) is 3.43. The molecular weight excluding hydrogens is 366 g/mol. The standard InChI is InChI=1S/C18H19N5O3S/c19-18-21-20-12-23(18)17(24)14-7-9-22(10-8-14)27(25,26)16-6-5-13-3-1-2-4-15(13)11-16/h1-6,11-12,14H,7-10H2,(H2,19,21). The van der Waals surface area contributed by atoms with Gasteiger partial charge >= 0.3 is 0 Å². The van der Waals surface area contributed by atoms with Crippen molar-refractivity contribution in [2.45, 2.75) is 17.7 Å². The predicted octanol–water partition coefficient (Wildman–Crippen LogP) is 1.75. The van der Waals surface area contributed by atoms with Gasteiger partial charge in [0.15, 0.2) is 0 Å². The molecule has 4 rings (SSSR count). The predicted molar refractivity (Wildman–Crippen MR) is 100 cm³/mol. The highest BCUT2D eigenvalue weighted by molar-refractivity contribution is 7.89. The van der Waals surface area contributed by atoms with Crippen LogP contribution in [-0.2, 0) is 10.0 Å². The van der Waals surface area contributed by atoms with Crippen molar-refractivity contribution >= 4 is 32.7 Å². The number of rotatable bonds is 3. The zero-order valence-electron chi connectivity index (χ0n) is 14.5. The van der Waals surface area contributed by atoms with Gasteiger partial charge in [-0.05, 0) is 35.7 Å². The molecular formula is C18H19N5O3S. The molecule has 0 saturated carbocycles. The average Bonchev–Trinajstić information content (AvgIpc) is 3.13. The van der Waals surface area contributed by atoms with E-state index in [4.69, 9.17) is 5.73 Å². The summed E-state index contributed by atoms with van der Waals surface area (Å²) in [6, 6.07) is 12.8. The molecule has 3 aromatic rings. The normalized spacial score (nSPS) is 16.6. The van der Waals surface area contributed by atoms with Crippen LogP contribution in [0.2, 0.25) is 0 Å². The second kappa shape index (κ2) is 6.75. The Hall–Kier alpha value is -2.78. The van der Waals surface area contributed by atoms with E-state index < -0.39 is 10.0 Å². The number of fused-ring (bicyclic) bond motifs is 1. The summed E-state index contributed by atoms with van der Waals surface area (Å²) in [6.07, 6.45) is 2.16. The highest BCUT2D eigenvalue weighted by Crippen LogP contribution is 2.27. The second-order valence-corrected chi connectivity index (χ2v) is 8.52. The summed E-state index contributed by atoms with van der Waals surface area (Å²) >= 11 is 0. The summed E-state index contributed by atoms with van der Waals surface area (Å²) < 4.78 is 28.6. The van der Waals surface area contributed by atoms with E-state index in [1.807, 2.05) is 30.3 Å². The molecule has 1 aromatic heterocycles. The van der Waals surface area contributed by atoms with E-state index in [1.54, 1.807) is 12.1 Å². The van der Waals surface area contributed by atoms with Gasteiger partial charge in [0, 0.05) is 19.0 Å². The third-order valence-corrected chi connectivity index (χ3v) is 6.87. The summed E-state index contributed by atoms with van der Waals surface area (Å²) in [5.41, 5.74) is 5.63. The third-order valence-electron chi connectivity index (χ3n) is 4.97. The number of hydrogen-bond donors (Lipinski definition) is 1. The maximum Gasteiger partial charge on any atom is 0.243 e. The zero-order chi connectivity index (χ0) is 19.0. The number of carbonyl (C=O) groups excluding carboxylic acids is 1. The van der Waals surface area contributed by atoms with Gasteiger partial charge in [0.05, 0.1) is 4.90 Å². The highest BCUT2D eigenvalue weighted by Gasteiger charge is 2.33. The summed E-state index contributed by atoms with van der Waals surface area (Å²) in [5.74, 6) is -0.446. The number of sulfonamides is 1. The van der Waals surface area contributed by atoms with Gasteiger partial charge in [0.2, 0.25) is 21.9 Å². The van der Waals surface area contributed by atoms with Crippen molar-refractivity contribution in [1.29, 1.82) is 0 Å². The quantitative estimate of drug-likeness (QED) is 0.735. The fourth-order valence-corrected chi connectivity index (χ4v) is 4.94. The molecule has 2 N–H and O–H groups in total. The molecule has 0 aliphatic carbocycles. The Kier molecular flexibility index (Phi) is 4.40. The Morgan fingerprint density at radius 1 is 1.07 bits per heavy atom. The monoisotopic (exact) mass is 385 g/mol. The van der Waals surface area contributed by atoms with E-state index in [9.17, 15) is 13.2 Å². The van der Waals surface area contributed by atoms with Crippen molar-refractivity contribution in [2.75, 3.05) is 18.8 Å². The average molecular weight is 385 g/mol. The molecule has 0 radical (unpaired) electrons. The Bertz CT molecular complexity index is 1100. The lowest BCUT2D eigenvalue weighted by atomic mass is 9.97. The van der Waals surface area contributed by atoms with E-state index in [2.05, 4.69) is 10.2 Å².